The molecule has 1 saturated heterocycles. The predicted molar refractivity (Wildman–Crippen MR) is 109 cm³/mol. The molecule has 2 aromatic carbocycles. The Balaban J connectivity index is 1.49. The summed E-state index contributed by atoms with van der Waals surface area (Å²) in [6.07, 6.45) is 5.48. The van der Waals surface area contributed by atoms with Crippen molar-refractivity contribution in [1.29, 1.82) is 0 Å². The number of piperidine rings is 1. The second-order valence-corrected chi connectivity index (χ2v) is 8.94. The van der Waals surface area contributed by atoms with Crippen molar-refractivity contribution in [3.8, 4) is 0 Å². The molecule has 1 amide bonds. The molecule has 1 unspecified atom stereocenters. The summed E-state index contributed by atoms with van der Waals surface area (Å²) in [6, 6.07) is 17.6. The Morgan fingerprint density at radius 2 is 2.04 bits per heavy atom. The SMILES string of the molecule is C[C@]12CCC(=O)NC1CCc1cc(Sc3cccc4cccnc34)ccc12. The number of carbonyl (C=O) groups is 1. The largest absolute Gasteiger partial charge is 0.352 e. The molecule has 4 heteroatoms. The van der Waals surface area contributed by atoms with E-state index < -0.39 is 0 Å². The number of nitrogens with one attached hydrogen (secondary N) is 1. The molecule has 5 rings (SSSR count). The van der Waals surface area contributed by atoms with Gasteiger partial charge in [-0.25, -0.2) is 0 Å². The van der Waals surface area contributed by atoms with Gasteiger partial charge < -0.3 is 5.32 Å². The third-order valence-corrected chi connectivity index (χ3v) is 7.23. The van der Waals surface area contributed by atoms with Crippen molar-refractivity contribution >= 4 is 28.6 Å². The van der Waals surface area contributed by atoms with Crippen LogP contribution in [-0.2, 0) is 16.6 Å². The monoisotopic (exact) mass is 374 g/mol. The highest BCUT2D eigenvalue weighted by atomic mass is 32.2. The Hall–Kier alpha value is -2.33. The van der Waals surface area contributed by atoms with Crippen molar-refractivity contribution in [1.82, 2.24) is 10.3 Å². The van der Waals surface area contributed by atoms with Crippen LogP contribution in [0.4, 0.5) is 0 Å². The molecule has 0 radical (unpaired) electrons. The van der Waals surface area contributed by atoms with Crippen LogP contribution in [0.5, 0.6) is 0 Å². The van der Waals surface area contributed by atoms with Crippen molar-refractivity contribution in [2.75, 3.05) is 0 Å². The topological polar surface area (TPSA) is 42.0 Å². The maximum Gasteiger partial charge on any atom is 0.220 e. The maximum atomic E-state index is 11.8. The molecule has 3 aromatic rings. The first-order valence-corrected chi connectivity index (χ1v) is 10.4. The van der Waals surface area contributed by atoms with Crippen molar-refractivity contribution in [2.45, 2.75) is 53.9 Å². The molecule has 1 N–H and O–H groups in total. The Kier molecular flexibility index (Phi) is 3.97. The minimum atomic E-state index is 0.0612. The standard InChI is InChI=1S/C23H22N2OS/c1-23-12-11-21(26)25-20(23)10-7-16-14-17(8-9-18(16)23)27-19-6-2-4-15-5-3-13-24-22(15)19/h2-6,8-9,13-14,20H,7,10-12H2,1H3,(H,25,26)/t20?,23-/m1/s1. The minimum absolute atomic E-state index is 0.0612. The van der Waals surface area contributed by atoms with Gasteiger partial charge in [0, 0.05) is 39.3 Å². The lowest BCUT2D eigenvalue weighted by molar-refractivity contribution is -0.125. The first kappa shape index (κ1) is 16.8. The van der Waals surface area contributed by atoms with Crippen LogP contribution in [0.15, 0.2) is 64.5 Å². The van der Waals surface area contributed by atoms with E-state index in [0.717, 1.165) is 24.8 Å². The number of carbonyl (C=O) groups excluding carboxylic acids is 1. The summed E-state index contributed by atoms with van der Waals surface area (Å²) in [7, 11) is 0. The van der Waals surface area contributed by atoms with Crippen molar-refractivity contribution in [3.05, 3.63) is 65.9 Å². The number of para-hydroxylation sites is 1. The van der Waals surface area contributed by atoms with Crippen LogP contribution in [0.25, 0.3) is 10.9 Å². The van der Waals surface area contributed by atoms with E-state index in [0.29, 0.717) is 6.42 Å². The summed E-state index contributed by atoms with van der Waals surface area (Å²) in [6.45, 7) is 2.32. The molecule has 0 spiro atoms. The van der Waals surface area contributed by atoms with E-state index >= 15 is 0 Å². The molecule has 1 aliphatic carbocycles. The van der Waals surface area contributed by atoms with Gasteiger partial charge in [0.2, 0.25) is 5.91 Å². The Morgan fingerprint density at radius 3 is 2.96 bits per heavy atom. The quantitative estimate of drug-likeness (QED) is 0.696. The fourth-order valence-corrected chi connectivity index (χ4v) is 5.67. The molecule has 0 bridgehead atoms. The normalized spacial score (nSPS) is 24.2. The molecule has 2 aliphatic rings. The second kappa shape index (κ2) is 6.38. The van der Waals surface area contributed by atoms with Crippen LogP contribution < -0.4 is 5.32 Å². The van der Waals surface area contributed by atoms with E-state index in [4.69, 9.17) is 0 Å². The average molecular weight is 375 g/mol. The molecule has 1 aromatic heterocycles. The van der Waals surface area contributed by atoms with Gasteiger partial charge in [-0.3, -0.25) is 9.78 Å². The number of rotatable bonds is 2. The molecule has 3 nitrogen and oxygen atoms in total. The number of aryl methyl sites for hydroxylation is 1. The fourth-order valence-electron chi connectivity index (χ4n) is 4.67. The number of nitrogens with zero attached hydrogens (tertiary/aromatic N) is 1. The predicted octanol–water partition coefficient (Wildman–Crippen LogP) is 4.87. The number of fused-ring (bicyclic) bond motifs is 4. The highest BCUT2D eigenvalue weighted by molar-refractivity contribution is 7.99. The van der Waals surface area contributed by atoms with E-state index in [2.05, 4.69) is 59.7 Å². The molecule has 0 saturated carbocycles. The number of hydrogen-bond donors (Lipinski definition) is 1. The zero-order valence-corrected chi connectivity index (χ0v) is 16.2. The Labute approximate surface area is 163 Å². The lowest BCUT2D eigenvalue weighted by atomic mass is 9.64. The van der Waals surface area contributed by atoms with Gasteiger partial charge in [-0.05, 0) is 54.7 Å². The van der Waals surface area contributed by atoms with E-state index in [1.54, 1.807) is 11.8 Å². The van der Waals surface area contributed by atoms with Gasteiger partial charge in [-0.15, -0.1) is 0 Å². The zero-order chi connectivity index (χ0) is 18.4. The summed E-state index contributed by atoms with van der Waals surface area (Å²) in [5.74, 6) is 0.205. The Bertz CT molecular complexity index is 1040. The van der Waals surface area contributed by atoms with Crippen LogP contribution in [0.1, 0.15) is 37.3 Å². The van der Waals surface area contributed by atoms with Crippen LogP contribution in [-0.4, -0.2) is 16.9 Å². The van der Waals surface area contributed by atoms with Gasteiger partial charge in [-0.2, -0.15) is 0 Å². The van der Waals surface area contributed by atoms with Gasteiger partial charge >= 0.3 is 0 Å². The second-order valence-electron chi connectivity index (χ2n) is 7.83. The highest BCUT2D eigenvalue weighted by Gasteiger charge is 2.43. The third-order valence-electron chi connectivity index (χ3n) is 6.19. The molecular weight excluding hydrogens is 352 g/mol. The van der Waals surface area contributed by atoms with E-state index in [1.165, 1.54) is 26.3 Å². The maximum absolute atomic E-state index is 11.8. The van der Waals surface area contributed by atoms with E-state index in [1.807, 2.05) is 12.3 Å². The van der Waals surface area contributed by atoms with Crippen molar-refractivity contribution < 1.29 is 4.79 Å². The van der Waals surface area contributed by atoms with E-state index in [9.17, 15) is 4.79 Å². The van der Waals surface area contributed by atoms with Crippen LogP contribution in [0, 0.1) is 0 Å². The number of aromatic nitrogens is 1. The third kappa shape index (κ3) is 2.83. The lowest BCUT2D eigenvalue weighted by Crippen LogP contribution is -2.55. The first-order valence-electron chi connectivity index (χ1n) is 9.58. The summed E-state index contributed by atoms with van der Waals surface area (Å²) >= 11 is 1.79. The molecular formula is C23H22N2OS. The average Bonchev–Trinajstić information content (AvgIpc) is 2.69. The molecule has 1 fully saturated rings. The van der Waals surface area contributed by atoms with Gasteiger partial charge in [0.25, 0.3) is 0 Å². The van der Waals surface area contributed by atoms with Crippen molar-refractivity contribution in [2.24, 2.45) is 0 Å². The fraction of sp³-hybridized carbons (Fsp3) is 0.304. The summed E-state index contributed by atoms with van der Waals surface area (Å²) in [5.41, 5.74) is 3.97. The first-order chi connectivity index (χ1) is 13.1. The van der Waals surface area contributed by atoms with Crippen molar-refractivity contribution in [3.63, 3.8) is 0 Å². The molecule has 1 aliphatic heterocycles. The number of pyridine rings is 1. The molecule has 2 atom stereocenters. The van der Waals surface area contributed by atoms with Crippen LogP contribution >= 0.6 is 11.8 Å². The zero-order valence-electron chi connectivity index (χ0n) is 15.4. The molecule has 2 heterocycles. The van der Waals surface area contributed by atoms with Crippen LogP contribution in [0.3, 0.4) is 0 Å². The van der Waals surface area contributed by atoms with Gasteiger partial charge in [0.05, 0.1) is 5.52 Å². The smallest absolute Gasteiger partial charge is 0.220 e. The number of amides is 1. The Morgan fingerprint density at radius 1 is 1.15 bits per heavy atom. The minimum Gasteiger partial charge on any atom is -0.352 e. The summed E-state index contributed by atoms with van der Waals surface area (Å²) in [4.78, 5) is 18.8. The summed E-state index contributed by atoms with van der Waals surface area (Å²) < 4.78 is 0. The van der Waals surface area contributed by atoms with Gasteiger partial charge in [0.15, 0.2) is 0 Å². The van der Waals surface area contributed by atoms with Gasteiger partial charge in [0.1, 0.15) is 0 Å². The molecule has 27 heavy (non-hydrogen) atoms. The lowest BCUT2D eigenvalue weighted by Gasteiger charge is -2.46. The summed E-state index contributed by atoms with van der Waals surface area (Å²) in [5, 5.41) is 4.40. The number of benzene rings is 2. The van der Waals surface area contributed by atoms with E-state index in [-0.39, 0.29) is 17.4 Å². The van der Waals surface area contributed by atoms with Gasteiger partial charge in [-0.1, -0.05) is 43.0 Å². The van der Waals surface area contributed by atoms with Crippen LogP contribution in [0.2, 0.25) is 0 Å². The number of hydrogen-bond acceptors (Lipinski definition) is 3. The molecule has 136 valence electrons. The highest BCUT2D eigenvalue weighted by Crippen LogP contribution is 2.44.